The number of halogens is 1. The summed E-state index contributed by atoms with van der Waals surface area (Å²) >= 11 is 8.64. The summed E-state index contributed by atoms with van der Waals surface area (Å²) in [5, 5.41) is 7.80. The van der Waals surface area contributed by atoms with E-state index in [1.165, 1.54) is 0 Å². The van der Waals surface area contributed by atoms with Crippen LogP contribution < -0.4 is 10.7 Å². The van der Waals surface area contributed by atoms with Gasteiger partial charge in [-0.15, -0.1) is 0 Å². The summed E-state index contributed by atoms with van der Waals surface area (Å²) in [5.41, 5.74) is 3.82. The van der Waals surface area contributed by atoms with E-state index in [0.29, 0.717) is 5.11 Å². The second-order valence-electron chi connectivity index (χ2n) is 4.60. The number of ether oxygens (including phenoxy) is 1. The molecule has 2 rings (SSSR count). The van der Waals surface area contributed by atoms with Gasteiger partial charge in [0.05, 0.1) is 19.4 Å². The van der Waals surface area contributed by atoms with Gasteiger partial charge in [-0.3, -0.25) is 10.3 Å². The number of thiocarbonyl (C=S) groups is 1. The fraction of sp³-hybridized carbons (Fsp3) is 0.429. The molecule has 21 heavy (non-hydrogen) atoms. The zero-order valence-electron chi connectivity index (χ0n) is 11.7. The summed E-state index contributed by atoms with van der Waals surface area (Å²) in [5.74, 6) is 0. The molecule has 7 heteroatoms. The van der Waals surface area contributed by atoms with Crippen molar-refractivity contribution in [1.82, 2.24) is 15.6 Å². The van der Waals surface area contributed by atoms with Crippen LogP contribution in [0, 0.1) is 0 Å². The topological polar surface area (TPSA) is 48.9 Å². The lowest BCUT2D eigenvalue weighted by Crippen LogP contribution is -2.42. The lowest BCUT2D eigenvalue weighted by atomic mass is 10.2. The quantitative estimate of drug-likeness (QED) is 0.468. The Labute approximate surface area is 138 Å². The van der Waals surface area contributed by atoms with Gasteiger partial charge >= 0.3 is 0 Å². The zero-order chi connectivity index (χ0) is 14.9. The van der Waals surface area contributed by atoms with Gasteiger partial charge in [0.15, 0.2) is 5.11 Å². The molecule has 1 fully saturated rings. The third kappa shape index (κ3) is 6.09. The molecule has 0 atom stereocenters. The first-order valence-corrected chi connectivity index (χ1v) is 8.07. The molecule has 0 bridgehead atoms. The fourth-order valence-corrected chi connectivity index (χ4v) is 2.47. The molecular formula is C14H19BrN4OS. The molecule has 0 spiro atoms. The second kappa shape index (κ2) is 9.09. The first kappa shape index (κ1) is 16.4. The summed E-state index contributed by atoms with van der Waals surface area (Å²) < 4.78 is 6.31. The first-order chi connectivity index (χ1) is 10.3. The van der Waals surface area contributed by atoms with Gasteiger partial charge in [0.1, 0.15) is 0 Å². The van der Waals surface area contributed by atoms with E-state index in [9.17, 15) is 0 Å². The minimum Gasteiger partial charge on any atom is -0.379 e. The minimum absolute atomic E-state index is 0.534. The van der Waals surface area contributed by atoms with Crippen LogP contribution in [0.2, 0.25) is 0 Å². The van der Waals surface area contributed by atoms with Crippen LogP contribution in [-0.4, -0.2) is 55.6 Å². The standard InChI is InChI=1S/C14H19BrN4OS/c15-13-4-2-1-3-12(13)11-17-18-14(21)16-5-6-19-7-9-20-10-8-19/h1-4,11H,5-10H2,(H2,16,18,21)/b17-11+. The average Bonchev–Trinajstić information content (AvgIpc) is 2.50. The molecular weight excluding hydrogens is 352 g/mol. The number of nitrogens with one attached hydrogen (secondary N) is 2. The molecule has 114 valence electrons. The van der Waals surface area contributed by atoms with Crippen LogP contribution in [0.5, 0.6) is 0 Å². The molecule has 0 aliphatic carbocycles. The molecule has 1 aromatic rings. The summed E-state index contributed by atoms with van der Waals surface area (Å²) in [6.07, 6.45) is 1.74. The highest BCUT2D eigenvalue weighted by Crippen LogP contribution is 2.13. The Morgan fingerprint density at radius 1 is 1.38 bits per heavy atom. The van der Waals surface area contributed by atoms with Gasteiger partial charge in [-0.25, -0.2) is 0 Å². The van der Waals surface area contributed by atoms with Gasteiger partial charge in [-0.2, -0.15) is 5.10 Å². The van der Waals surface area contributed by atoms with E-state index < -0.39 is 0 Å². The highest BCUT2D eigenvalue weighted by Gasteiger charge is 2.09. The van der Waals surface area contributed by atoms with Crippen molar-refractivity contribution < 1.29 is 4.74 Å². The highest BCUT2D eigenvalue weighted by molar-refractivity contribution is 9.10. The molecule has 0 radical (unpaired) electrons. The number of benzene rings is 1. The third-order valence-electron chi connectivity index (χ3n) is 3.09. The van der Waals surface area contributed by atoms with Crippen molar-refractivity contribution >= 4 is 39.5 Å². The molecule has 1 aliphatic rings. The van der Waals surface area contributed by atoms with E-state index in [1.54, 1.807) is 6.21 Å². The van der Waals surface area contributed by atoms with E-state index in [4.69, 9.17) is 17.0 Å². The largest absolute Gasteiger partial charge is 0.379 e. The van der Waals surface area contributed by atoms with Gasteiger partial charge in [-0.1, -0.05) is 34.1 Å². The van der Waals surface area contributed by atoms with Crippen LogP contribution in [0.1, 0.15) is 5.56 Å². The van der Waals surface area contributed by atoms with E-state index in [0.717, 1.165) is 49.4 Å². The normalized spacial score (nSPS) is 16.0. The number of morpholine rings is 1. The Balaban J connectivity index is 1.64. The van der Waals surface area contributed by atoms with Crippen LogP contribution in [0.4, 0.5) is 0 Å². The fourth-order valence-electron chi connectivity index (χ4n) is 1.93. The Kier molecular flexibility index (Phi) is 7.08. The van der Waals surface area contributed by atoms with E-state index in [2.05, 4.69) is 36.7 Å². The summed E-state index contributed by atoms with van der Waals surface area (Å²) in [7, 11) is 0. The smallest absolute Gasteiger partial charge is 0.187 e. The number of hydrogen-bond donors (Lipinski definition) is 2. The molecule has 1 aliphatic heterocycles. The van der Waals surface area contributed by atoms with Crippen molar-refractivity contribution in [3.05, 3.63) is 34.3 Å². The van der Waals surface area contributed by atoms with Crippen molar-refractivity contribution in [2.75, 3.05) is 39.4 Å². The molecule has 0 unspecified atom stereocenters. The van der Waals surface area contributed by atoms with Crippen LogP contribution in [0.25, 0.3) is 0 Å². The molecule has 5 nitrogen and oxygen atoms in total. The predicted octanol–water partition coefficient (Wildman–Crippen LogP) is 1.58. The molecule has 1 heterocycles. The van der Waals surface area contributed by atoms with E-state index in [-0.39, 0.29) is 0 Å². The van der Waals surface area contributed by atoms with Gasteiger partial charge in [0.25, 0.3) is 0 Å². The molecule has 1 saturated heterocycles. The zero-order valence-corrected chi connectivity index (χ0v) is 14.1. The summed E-state index contributed by atoms with van der Waals surface area (Å²) in [6.45, 7) is 5.37. The van der Waals surface area contributed by atoms with Crippen molar-refractivity contribution in [1.29, 1.82) is 0 Å². The average molecular weight is 371 g/mol. The SMILES string of the molecule is S=C(NCCN1CCOCC1)N/N=C/c1ccccc1Br. The van der Waals surface area contributed by atoms with Crippen molar-refractivity contribution in [3.63, 3.8) is 0 Å². The molecule has 0 aromatic heterocycles. The summed E-state index contributed by atoms with van der Waals surface area (Å²) in [6, 6.07) is 7.88. The first-order valence-electron chi connectivity index (χ1n) is 6.87. The Bertz CT molecular complexity index is 492. The van der Waals surface area contributed by atoms with Gasteiger partial charge < -0.3 is 10.1 Å². The van der Waals surface area contributed by atoms with Gasteiger partial charge in [0.2, 0.25) is 0 Å². The third-order valence-corrected chi connectivity index (χ3v) is 4.05. The number of hydrazone groups is 1. The maximum Gasteiger partial charge on any atom is 0.187 e. The van der Waals surface area contributed by atoms with Crippen LogP contribution in [-0.2, 0) is 4.74 Å². The van der Waals surface area contributed by atoms with Crippen LogP contribution >= 0.6 is 28.1 Å². The number of nitrogens with zero attached hydrogens (tertiary/aromatic N) is 2. The molecule has 0 saturated carbocycles. The lowest BCUT2D eigenvalue weighted by molar-refractivity contribution is 0.0389. The Morgan fingerprint density at radius 3 is 2.90 bits per heavy atom. The van der Waals surface area contributed by atoms with Crippen LogP contribution in [0.15, 0.2) is 33.8 Å². The molecule has 1 aromatic carbocycles. The second-order valence-corrected chi connectivity index (χ2v) is 5.86. The van der Waals surface area contributed by atoms with Crippen molar-refractivity contribution in [2.24, 2.45) is 5.10 Å². The highest BCUT2D eigenvalue weighted by atomic mass is 79.9. The van der Waals surface area contributed by atoms with Gasteiger partial charge in [0, 0.05) is 36.2 Å². The maximum atomic E-state index is 5.31. The molecule has 2 N–H and O–H groups in total. The Hall–Kier alpha value is -1.02. The summed E-state index contributed by atoms with van der Waals surface area (Å²) in [4.78, 5) is 2.35. The van der Waals surface area contributed by atoms with E-state index in [1.807, 2.05) is 24.3 Å². The monoisotopic (exact) mass is 370 g/mol. The number of hydrogen-bond acceptors (Lipinski definition) is 4. The van der Waals surface area contributed by atoms with Gasteiger partial charge in [-0.05, 0) is 18.3 Å². The Morgan fingerprint density at radius 2 is 2.14 bits per heavy atom. The van der Waals surface area contributed by atoms with Crippen LogP contribution in [0.3, 0.4) is 0 Å². The lowest BCUT2D eigenvalue weighted by Gasteiger charge is -2.26. The van der Waals surface area contributed by atoms with Crippen molar-refractivity contribution in [2.45, 2.75) is 0 Å². The van der Waals surface area contributed by atoms with Crippen molar-refractivity contribution in [3.8, 4) is 0 Å². The van der Waals surface area contributed by atoms with E-state index >= 15 is 0 Å². The minimum atomic E-state index is 0.534. The molecule has 0 amide bonds. The predicted molar refractivity (Wildman–Crippen MR) is 92.7 cm³/mol. The maximum absolute atomic E-state index is 5.31. The number of rotatable bonds is 5.